The summed E-state index contributed by atoms with van der Waals surface area (Å²) in [6, 6.07) is 0. The molecule has 3 N–H and O–H groups in total. The quantitative estimate of drug-likeness (QED) is 0.329. The fraction of sp³-hybridized carbons (Fsp3) is 0.909. The van der Waals surface area contributed by atoms with Crippen LogP contribution < -0.4 is 5.73 Å². The molecule has 0 aliphatic carbocycles. The Morgan fingerprint density at radius 3 is 2.28 bits per heavy atom. The van der Waals surface area contributed by atoms with E-state index in [-0.39, 0.29) is 29.5 Å². The Bertz CT molecular complexity index is 385. The van der Waals surface area contributed by atoms with E-state index in [4.69, 9.17) is 10.9 Å². The van der Waals surface area contributed by atoms with Crippen LogP contribution in [0.2, 0.25) is 0 Å². The van der Waals surface area contributed by atoms with Crippen molar-refractivity contribution in [2.24, 2.45) is 22.2 Å². The molecule has 18 heavy (non-hydrogen) atoms. The average molecular weight is 279 g/mol. The summed E-state index contributed by atoms with van der Waals surface area (Å²) in [5, 5.41) is 11.5. The van der Waals surface area contributed by atoms with Gasteiger partial charge in [0.25, 0.3) is 0 Å². The minimum Gasteiger partial charge on any atom is -0.409 e. The maximum absolute atomic E-state index is 12.2. The SMILES string of the molecule is CCN(CC(C)C(N)=NO)S(=O)(=O)CC(C)(C)C. The maximum Gasteiger partial charge on any atom is 0.214 e. The van der Waals surface area contributed by atoms with Crippen molar-refractivity contribution in [1.82, 2.24) is 4.31 Å². The molecule has 0 aromatic rings. The van der Waals surface area contributed by atoms with Crippen molar-refractivity contribution in [3.05, 3.63) is 0 Å². The van der Waals surface area contributed by atoms with Gasteiger partial charge in [-0.2, -0.15) is 0 Å². The van der Waals surface area contributed by atoms with Crippen LogP contribution in [0.15, 0.2) is 5.16 Å². The first kappa shape index (κ1) is 17.2. The lowest BCUT2D eigenvalue weighted by atomic mass is 10.0. The summed E-state index contributed by atoms with van der Waals surface area (Å²) in [6.07, 6.45) is 0. The van der Waals surface area contributed by atoms with Gasteiger partial charge in [0.1, 0.15) is 5.84 Å². The number of sulfonamides is 1. The molecule has 0 spiro atoms. The second kappa shape index (κ2) is 6.38. The lowest BCUT2D eigenvalue weighted by Crippen LogP contribution is -2.41. The van der Waals surface area contributed by atoms with Crippen LogP contribution in [-0.4, -0.2) is 42.6 Å². The number of oxime groups is 1. The number of nitrogens with two attached hydrogens (primary N) is 1. The highest BCUT2D eigenvalue weighted by atomic mass is 32.2. The molecule has 0 aromatic carbocycles. The lowest BCUT2D eigenvalue weighted by Gasteiger charge is -2.27. The Morgan fingerprint density at radius 1 is 1.44 bits per heavy atom. The van der Waals surface area contributed by atoms with Crippen molar-refractivity contribution in [2.75, 3.05) is 18.8 Å². The molecular weight excluding hydrogens is 254 g/mol. The molecule has 0 amide bonds. The van der Waals surface area contributed by atoms with E-state index in [0.29, 0.717) is 6.54 Å². The largest absolute Gasteiger partial charge is 0.409 e. The number of amidine groups is 1. The molecule has 0 saturated carbocycles. The first-order valence-electron chi connectivity index (χ1n) is 5.98. The van der Waals surface area contributed by atoms with Crippen molar-refractivity contribution in [2.45, 2.75) is 34.6 Å². The van der Waals surface area contributed by atoms with Gasteiger partial charge >= 0.3 is 0 Å². The van der Waals surface area contributed by atoms with Crippen LogP contribution in [0.4, 0.5) is 0 Å². The molecule has 0 aromatic heterocycles. The summed E-state index contributed by atoms with van der Waals surface area (Å²) in [7, 11) is -3.33. The Morgan fingerprint density at radius 2 is 1.94 bits per heavy atom. The van der Waals surface area contributed by atoms with Gasteiger partial charge in [-0.1, -0.05) is 39.8 Å². The van der Waals surface area contributed by atoms with Crippen LogP contribution in [-0.2, 0) is 10.0 Å². The molecule has 0 bridgehead atoms. The standard InChI is InChI=1S/C11H25N3O3S/c1-6-14(7-9(2)10(12)13-15)18(16,17)8-11(3,4)5/h9,15H,6-8H2,1-5H3,(H2,12,13). The van der Waals surface area contributed by atoms with Crippen LogP contribution in [0.1, 0.15) is 34.6 Å². The fourth-order valence-electron chi connectivity index (χ4n) is 1.58. The van der Waals surface area contributed by atoms with Crippen LogP contribution in [0.25, 0.3) is 0 Å². The molecule has 108 valence electrons. The number of hydrogen-bond donors (Lipinski definition) is 2. The predicted molar refractivity (Wildman–Crippen MR) is 73.1 cm³/mol. The molecule has 0 fully saturated rings. The molecule has 1 atom stereocenters. The van der Waals surface area contributed by atoms with Gasteiger partial charge in [0.05, 0.1) is 5.75 Å². The highest BCUT2D eigenvalue weighted by Crippen LogP contribution is 2.19. The van der Waals surface area contributed by atoms with Gasteiger partial charge in [-0.15, -0.1) is 0 Å². The van der Waals surface area contributed by atoms with Crippen molar-refractivity contribution in [3.63, 3.8) is 0 Å². The highest BCUT2D eigenvalue weighted by molar-refractivity contribution is 7.89. The number of rotatable bonds is 6. The molecule has 0 aliphatic rings. The van der Waals surface area contributed by atoms with E-state index in [1.807, 2.05) is 20.8 Å². The number of nitrogens with zero attached hydrogens (tertiary/aromatic N) is 2. The normalized spacial score (nSPS) is 16.0. The van der Waals surface area contributed by atoms with E-state index in [2.05, 4.69) is 5.16 Å². The minimum absolute atomic E-state index is 0.0411. The van der Waals surface area contributed by atoms with Gasteiger partial charge in [-0.25, -0.2) is 12.7 Å². The van der Waals surface area contributed by atoms with Crippen molar-refractivity contribution in [1.29, 1.82) is 0 Å². The molecule has 6 nitrogen and oxygen atoms in total. The lowest BCUT2D eigenvalue weighted by molar-refractivity contribution is 0.310. The minimum atomic E-state index is -3.33. The first-order chi connectivity index (χ1) is 8.03. The summed E-state index contributed by atoms with van der Waals surface area (Å²) >= 11 is 0. The molecule has 0 heterocycles. The monoisotopic (exact) mass is 279 g/mol. The van der Waals surface area contributed by atoms with Crippen molar-refractivity contribution in [3.8, 4) is 0 Å². The molecule has 0 saturated heterocycles. The van der Waals surface area contributed by atoms with Crippen molar-refractivity contribution < 1.29 is 13.6 Å². The first-order valence-corrected chi connectivity index (χ1v) is 7.59. The zero-order chi connectivity index (χ0) is 14.6. The van der Waals surface area contributed by atoms with E-state index in [1.54, 1.807) is 13.8 Å². The van der Waals surface area contributed by atoms with E-state index in [1.165, 1.54) is 4.31 Å². The van der Waals surface area contributed by atoms with Gasteiger partial charge < -0.3 is 10.9 Å². The Balaban J connectivity index is 4.89. The summed E-state index contributed by atoms with van der Waals surface area (Å²) < 4.78 is 25.8. The third-order valence-corrected chi connectivity index (χ3v) is 4.88. The van der Waals surface area contributed by atoms with Gasteiger partial charge in [-0.3, -0.25) is 0 Å². The van der Waals surface area contributed by atoms with E-state index < -0.39 is 10.0 Å². The predicted octanol–water partition coefficient (Wildman–Crippen LogP) is 1.07. The average Bonchev–Trinajstić information content (AvgIpc) is 2.20. The van der Waals surface area contributed by atoms with Crippen molar-refractivity contribution >= 4 is 15.9 Å². The summed E-state index contributed by atoms with van der Waals surface area (Å²) in [5.74, 6) is -0.194. The smallest absolute Gasteiger partial charge is 0.214 e. The molecule has 0 aliphatic heterocycles. The second-order valence-electron chi connectivity index (χ2n) is 5.69. The third-order valence-electron chi connectivity index (χ3n) is 2.46. The van der Waals surface area contributed by atoms with Crippen LogP contribution >= 0.6 is 0 Å². The topological polar surface area (TPSA) is 96.0 Å². The van der Waals surface area contributed by atoms with E-state index >= 15 is 0 Å². The zero-order valence-corrected chi connectivity index (χ0v) is 12.7. The Hall–Kier alpha value is -0.820. The maximum atomic E-state index is 12.2. The second-order valence-corrected chi connectivity index (χ2v) is 7.66. The number of hydrogen-bond acceptors (Lipinski definition) is 4. The molecular formula is C11H25N3O3S. The zero-order valence-electron chi connectivity index (χ0n) is 11.8. The summed E-state index contributed by atoms with van der Waals surface area (Å²) in [5.41, 5.74) is 5.17. The van der Waals surface area contributed by atoms with E-state index in [9.17, 15) is 8.42 Å². The molecule has 7 heteroatoms. The molecule has 0 radical (unpaired) electrons. The Kier molecular flexibility index (Phi) is 6.09. The summed E-state index contributed by atoms with van der Waals surface area (Å²) in [4.78, 5) is 0. The Labute approximate surface area is 110 Å². The summed E-state index contributed by atoms with van der Waals surface area (Å²) in [6.45, 7) is 9.75. The van der Waals surface area contributed by atoms with Crippen LogP contribution in [0.3, 0.4) is 0 Å². The van der Waals surface area contributed by atoms with Gasteiger partial charge in [0.15, 0.2) is 0 Å². The van der Waals surface area contributed by atoms with Crippen LogP contribution in [0.5, 0.6) is 0 Å². The van der Waals surface area contributed by atoms with Gasteiger partial charge in [-0.05, 0) is 5.41 Å². The van der Waals surface area contributed by atoms with E-state index in [0.717, 1.165) is 0 Å². The molecule has 1 unspecified atom stereocenters. The van der Waals surface area contributed by atoms with Gasteiger partial charge in [0.2, 0.25) is 10.0 Å². The van der Waals surface area contributed by atoms with Gasteiger partial charge in [0, 0.05) is 19.0 Å². The van der Waals surface area contributed by atoms with Crippen LogP contribution in [0, 0.1) is 11.3 Å². The third kappa shape index (κ3) is 5.68. The molecule has 0 rings (SSSR count). The highest BCUT2D eigenvalue weighted by Gasteiger charge is 2.28. The fourth-order valence-corrected chi connectivity index (χ4v) is 3.70.